The maximum absolute atomic E-state index is 12.1. The van der Waals surface area contributed by atoms with Gasteiger partial charge < -0.3 is 4.57 Å². The molecule has 0 atom stereocenters. The number of sulfonamides is 1. The zero-order valence-electron chi connectivity index (χ0n) is 11.5. The number of nitrogens with zero attached hydrogens (tertiary/aromatic N) is 4. The Morgan fingerprint density at radius 1 is 1.45 bits per heavy atom. The number of aryl methyl sites for hydroxylation is 2. The summed E-state index contributed by atoms with van der Waals surface area (Å²) < 4.78 is 28.5. The SMILES string of the molecule is CCCn1cc(S(=O)(=O)NCCc2ncn[nH]2)nc1C. The van der Waals surface area contributed by atoms with Crippen LogP contribution >= 0.6 is 0 Å². The number of nitrogens with one attached hydrogen (secondary N) is 2. The second kappa shape index (κ2) is 6.14. The molecule has 0 aromatic carbocycles. The molecule has 2 aromatic rings. The van der Waals surface area contributed by atoms with Crippen LogP contribution < -0.4 is 4.72 Å². The smallest absolute Gasteiger partial charge is 0.259 e. The number of imidazole rings is 1. The van der Waals surface area contributed by atoms with Crippen molar-refractivity contribution < 1.29 is 8.42 Å². The van der Waals surface area contributed by atoms with Crippen LogP contribution in [0.15, 0.2) is 17.6 Å². The third-order valence-electron chi connectivity index (χ3n) is 2.81. The summed E-state index contributed by atoms with van der Waals surface area (Å²) in [7, 11) is -3.58. The highest BCUT2D eigenvalue weighted by atomic mass is 32.2. The quantitative estimate of drug-likeness (QED) is 0.761. The maximum atomic E-state index is 12.1. The van der Waals surface area contributed by atoms with E-state index in [1.165, 1.54) is 6.33 Å². The molecule has 110 valence electrons. The fourth-order valence-electron chi connectivity index (χ4n) is 1.81. The Bertz CT molecular complexity index is 647. The van der Waals surface area contributed by atoms with Crippen LogP contribution in [-0.2, 0) is 23.0 Å². The van der Waals surface area contributed by atoms with Gasteiger partial charge in [-0.3, -0.25) is 5.10 Å². The van der Waals surface area contributed by atoms with Gasteiger partial charge in [-0.15, -0.1) is 0 Å². The van der Waals surface area contributed by atoms with E-state index in [0.29, 0.717) is 18.1 Å². The first kappa shape index (κ1) is 14.7. The Morgan fingerprint density at radius 3 is 2.90 bits per heavy atom. The average Bonchev–Trinajstić information content (AvgIpc) is 3.01. The van der Waals surface area contributed by atoms with E-state index < -0.39 is 10.0 Å². The molecule has 20 heavy (non-hydrogen) atoms. The molecule has 8 nitrogen and oxygen atoms in total. The molecule has 0 aliphatic carbocycles. The molecule has 0 aliphatic rings. The highest BCUT2D eigenvalue weighted by Crippen LogP contribution is 2.09. The third-order valence-corrected chi connectivity index (χ3v) is 4.14. The minimum atomic E-state index is -3.58. The summed E-state index contributed by atoms with van der Waals surface area (Å²) in [5.41, 5.74) is 0. The van der Waals surface area contributed by atoms with Crippen LogP contribution in [0.2, 0.25) is 0 Å². The second-order valence-corrected chi connectivity index (χ2v) is 6.11. The van der Waals surface area contributed by atoms with Crippen molar-refractivity contribution in [2.24, 2.45) is 0 Å². The first-order valence-corrected chi connectivity index (χ1v) is 7.89. The lowest BCUT2D eigenvalue weighted by Gasteiger charge is -2.02. The molecule has 2 rings (SSSR count). The largest absolute Gasteiger partial charge is 0.334 e. The van der Waals surface area contributed by atoms with Crippen LogP contribution in [-0.4, -0.2) is 39.7 Å². The van der Waals surface area contributed by atoms with Gasteiger partial charge in [0.25, 0.3) is 10.0 Å². The fourth-order valence-corrected chi connectivity index (χ4v) is 2.84. The Kier molecular flexibility index (Phi) is 4.50. The van der Waals surface area contributed by atoms with E-state index in [0.717, 1.165) is 13.0 Å². The highest BCUT2D eigenvalue weighted by Gasteiger charge is 2.18. The van der Waals surface area contributed by atoms with Gasteiger partial charge in [-0.1, -0.05) is 6.92 Å². The van der Waals surface area contributed by atoms with Gasteiger partial charge in [0.05, 0.1) is 0 Å². The molecule has 0 aliphatic heterocycles. The van der Waals surface area contributed by atoms with E-state index in [9.17, 15) is 8.42 Å². The first-order valence-electron chi connectivity index (χ1n) is 6.40. The van der Waals surface area contributed by atoms with Crippen LogP contribution in [0.4, 0.5) is 0 Å². The molecule has 2 N–H and O–H groups in total. The van der Waals surface area contributed by atoms with Crippen molar-refractivity contribution >= 4 is 10.0 Å². The molecule has 2 heterocycles. The van der Waals surface area contributed by atoms with Crippen molar-refractivity contribution in [2.75, 3.05) is 6.54 Å². The Morgan fingerprint density at radius 2 is 2.25 bits per heavy atom. The zero-order valence-corrected chi connectivity index (χ0v) is 12.3. The number of hydrogen-bond donors (Lipinski definition) is 2. The highest BCUT2D eigenvalue weighted by molar-refractivity contribution is 7.89. The summed E-state index contributed by atoms with van der Waals surface area (Å²) in [5.74, 6) is 1.34. The molecule has 0 spiro atoms. The molecule has 0 saturated carbocycles. The molecular formula is C11H18N6O2S. The monoisotopic (exact) mass is 298 g/mol. The van der Waals surface area contributed by atoms with E-state index in [-0.39, 0.29) is 11.6 Å². The van der Waals surface area contributed by atoms with Gasteiger partial charge in [0, 0.05) is 25.7 Å². The van der Waals surface area contributed by atoms with E-state index in [4.69, 9.17) is 0 Å². The molecule has 0 unspecified atom stereocenters. The summed E-state index contributed by atoms with van der Waals surface area (Å²) in [6, 6.07) is 0. The van der Waals surface area contributed by atoms with Crippen molar-refractivity contribution in [1.82, 2.24) is 29.5 Å². The fraction of sp³-hybridized carbons (Fsp3) is 0.545. The van der Waals surface area contributed by atoms with E-state index >= 15 is 0 Å². The minimum Gasteiger partial charge on any atom is -0.334 e. The lowest BCUT2D eigenvalue weighted by molar-refractivity contribution is 0.577. The summed E-state index contributed by atoms with van der Waals surface area (Å²) >= 11 is 0. The van der Waals surface area contributed by atoms with Crippen molar-refractivity contribution in [3.8, 4) is 0 Å². The number of aromatic nitrogens is 5. The van der Waals surface area contributed by atoms with Crippen LogP contribution in [0.3, 0.4) is 0 Å². The number of H-pyrrole nitrogens is 1. The van der Waals surface area contributed by atoms with Crippen molar-refractivity contribution in [3.05, 3.63) is 24.2 Å². The predicted octanol–water partition coefficient (Wildman–Crippen LogP) is 0.241. The second-order valence-electron chi connectivity index (χ2n) is 4.40. The topological polar surface area (TPSA) is 106 Å². The van der Waals surface area contributed by atoms with E-state index in [1.54, 1.807) is 13.1 Å². The molecule has 0 bridgehead atoms. The molecule has 2 aromatic heterocycles. The van der Waals surface area contributed by atoms with Gasteiger partial charge in [0.1, 0.15) is 18.0 Å². The lowest BCUT2D eigenvalue weighted by Crippen LogP contribution is -2.26. The minimum absolute atomic E-state index is 0.0565. The molecule has 0 amide bonds. The molecule has 0 radical (unpaired) electrons. The summed E-state index contributed by atoms with van der Waals surface area (Å²) in [6.45, 7) is 4.83. The van der Waals surface area contributed by atoms with Crippen molar-refractivity contribution in [1.29, 1.82) is 0 Å². The first-order chi connectivity index (χ1) is 9.53. The van der Waals surface area contributed by atoms with E-state index in [2.05, 4.69) is 24.9 Å². The summed E-state index contributed by atoms with van der Waals surface area (Å²) in [4.78, 5) is 8.02. The van der Waals surface area contributed by atoms with Crippen LogP contribution in [0, 0.1) is 6.92 Å². The van der Waals surface area contributed by atoms with Crippen molar-refractivity contribution in [2.45, 2.75) is 38.3 Å². The predicted molar refractivity (Wildman–Crippen MR) is 72.5 cm³/mol. The van der Waals surface area contributed by atoms with Crippen LogP contribution in [0.1, 0.15) is 25.0 Å². The summed E-state index contributed by atoms with van der Waals surface area (Å²) in [5, 5.41) is 6.44. The molecule has 9 heteroatoms. The number of aromatic amines is 1. The van der Waals surface area contributed by atoms with Gasteiger partial charge in [-0.05, 0) is 13.3 Å². The van der Waals surface area contributed by atoms with Gasteiger partial charge in [0.15, 0.2) is 5.03 Å². The van der Waals surface area contributed by atoms with Gasteiger partial charge >= 0.3 is 0 Å². The van der Waals surface area contributed by atoms with Gasteiger partial charge in [-0.25, -0.2) is 23.1 Å². The van der Waals surface area contributed by atoms with Crippen molar-refractivity contribution in [3.63, 3.8) is 0 Å². The van der Waals surface area contributed by atoms with E-state index in [1.807, 2.05) is 11.5 Å². The molecule has 0 saturated heterocycles. The number of hydrogen-bond acceptors (Lipinski definition) is 5. The molecule has 0 fully saturated rings. The van der Waals surface area contributed by atoms with Crippen LogP contribution in [0.5, 0.6) is 0 Å². The van der Waals surface area contributed by atoms with Crippen LogP contribution in [0.25, 0.3) is 0 Å². The Labute approximate surface area is 117 Å². The molecular weight excluding hydrogens is 280 g/mol. The van der Waals surface area contributed by atoms with Gasteiger partial charge in [0.2, 0.25) is 0 Å². The Balaban J connectivity index is 2.00. The standard InChI is InChI=1S/C11H18N6O2S/c1-3-6-17-7-11(15-9(17)2)20(18,19)14-5-4-10-12-8-13-16-10/h7-8,14H,3-6H2,1-2H3,(H,12,13,16). The van der Waals surface area contributed by atoms with Gasteiger partial charge in [-0.2, -0.15) is 5.10 Å². The average molecular weight is 298 g/mol. The summed E-state index contributed by atoms with van der Waals surface area (Å²) in [6.07, 6.45) is 4.33. The maximum Gasteiger partial charge on any atom is 0.259 e. The third kappa shape index (κ3) is 3.42. The zero-order chi connectivity index (χ0) is 14.6. The Hall–Kier alpha value is -1.74. The normalized spacial score (nSPS) is 11.9. The number of rotatable bonds is 7. The lowest BCUT2D eigenvalue weighted by atomic mass is 10.4.